The molecule has 2 aliphatic heterocycles. The van der Waals surface area contributed by atoms with Gasteiger partial charge in [-0.1, -0.05) is 24.6 Å². The highest BCUT2D eigenvalue weighted by Gasteiger charge is 2.45. The molecule has 5 amide bonds. The molecule has 3 heterocycles. The Kier molecular flexibility index (Phi) is 10.4. The van der Waals surface area contributed by atoms with Gasteiger partial charge in [0, 0.05) is 47.9 Å². The first-order chi connectivity index (χ1) is 25.6. The molecule has 1 unspecified atom stereocenters. The summed E-state index contributed by atoms with van der Waals surface area (Å²) < 4.78 is 20.0. The molecule has 11 nitrogen and oxygen atoms in total. The molecule has 1 aromatic heterocycles. The number of nitrogens with one attached hydrogen (secondary N) is 3. The van der Waals surface area contributed by atoms with Gasteiger partial charge in [0.25, 0.3) is 11.8 Å². The Bertz CT molecular complexity index is 2120. The van der Waals surface area contributed by atoms with E-state index < -0.39 is 29.7 Å². The van der Waals surface area contributed by atoms with Gasteiger partial charge in [-0.05, 0) is 104 Å². The van der Waals surface area contributed by atoms with Crippen LogP contribution in [0.1, 0.15) is 84.1 Å². The number of benzene rings is 3. The van der Waals surface area contributed by atoms with Gasteiger partial charge in [0.05, 0.1) is 28.3 Å². The van der Waals surface area contributed by atoms with Crippen molar-refractivity contribution in [2.45, 2.75) is 63.8 Å². The Labute approximate surface area is 310 Å². The Balaban J connectivity index is 0.895. The first kappa shape index (κ1) is 36.0. The van der Waals surface area contributed by atoms with E-state index in [0.717, 1.165) is 47.0 Å². The molecule has 1 saturated carbocycles. The number of aromatic nitrogens is 1. The summed E-state index contributed by atoms with van der Waals surface area (Å²) in [6.07, 6.45) is 6.01. The highest BCUT2D eigenvalue weighted by Crippen LogP contribution is 2.41. The number of hydrogen-bond donors (Lipinski definition) is 3. The van der Waals surface area contributed by atoms with Crippen molar-refractivity contribution >= 4 is 63.4 Å². The Morgan fingerprint density at radius 2 is 1.83 bits per heavy atom. The van der Waals surface area contributed by atoms with Crippen molar-refractivity contribution in [3.63, 3.8) is 0 Å². The third kappa shape index (κ3) is 7.46. The molecule has 53 heavy (non-hydrogen) atoms. The van der Waals surface area contributed by atoms with E-state index in [4.69, 9.17) is 16.3 Å². The highest BCUT2D eigenvalue weighted by molar-refractivity contribution is 6.32. The zero-order valence-electron chi connectivity index (χ0n) is 29.1. The summed E-state index contributed by atoms with van der Waals surface area (Å²) in [6.45, 7) is 2.63. The maximum atomic E-state index is 14.0. The molecule has 7 rings (SSSR count). The van der Waals surface area contributed by atoms with Crippen LogP contribution < -0.4 is 20.7 Å². The monoisotopic (exact) mass is 739 g/mol. The van der Waals surface area contributed by atoms with Crippen LogP contribution >= 0.6 is 11.6 Å². The van der Waals surface area contributed by atoms with E-state index in [1.165, 1.54) is 6.07 Å². The molecule has 2 atom stereocenters. The van der Waals surface area contributed by atoms with Gasteiger partial charge in [0.15, 0.2) is 0 Å². The van der Waals surface area contributed by atoms with Crippen LogP contribution in [0.4, 0.5) is 15.8 Å². The predicted molar refractivity (Wildman–Crippen MR) is 197 cm³/mol. The van der Waals surface area contributed by atoms with Gasteiger partial charge < -0.3 is 15.4 Å². The molecule has 0 radical (unpaired) electrons. The second-order valence-corrected chi connectivity index (χ2v) is 14.3. The van der Waals surface area contributed by atoms with Crippen molar-refractivity contribution in [1.29, 1.82) is 0 Å². The number of rotatable bonds is 11. The molecule has 0 bridgehead atoms. The number of halogens is 2. The third-order valence-electron chi connectivity index (χ3n) is 10.6. The average Bonchev–Trinajstić information content (AvgIpc) is 3.41. The van der Waals surface area contributed by atoms with Gasteiger partial charge in [-0.25, -0.2) is 4.39 Å². The number of carbonyl (C=O) groups excluding carboxylic acids is 5. The molecule has 2 fully saturated rings. The van der Waals surface area contributed by atoms with Crippen molar-refractivity contribution < 1.29 is 33.1 Å². The molecule has 4 aromatic rings. The number of amides is 5. The van der Waals surface area contributed by atoms with Crippen LogP contribution in [0, 0.1) is 17.7 Å². The van der Waals surface area contributed by atoms with Crippen LogP contribution in [0.15, 0.2) is 66.9 Å². The lowest BCUT2D eigenvalue weighted by molar-refractivity contribution is -0.136. The van der Waals surface area contributed by atoms with Crippen LogP contribution in [-0.4, -0.2) is 58.6 Å². The van der Waals surface area contributed by atoms with Crippen molar-refractivity contribution in [1.82, 2.24) is 15.2 Å². The second-order valence-electron chi connectivity index (χ2n) is 13.9. The molecular formula is C40H39ClFN5O6. The van der Waals surface area contributed by atoms with E-state index in [0.29, 0.717) is 35.1 Å². The summed E-state index contributed by atoms with van der Waals surface area (Å²) in [5.74, 6) is -1.89. The number of piperidine rings is 1. The lowest BCUT2D eigenvalue weighted by atomic mass is 9.73. The minimum Gasteiger partial charge on any atom is -0.492 e. The summed E-state index contributed by atoms with van der Waals surface area (Å²) in [4.78, 5) is 69.1. The fraction of sp³-hybridized carbons (Fsp3) is 0.350. The van der Waals surface area contributed by atoms with Crippen molar-refractivity contribution in [2.24, 2.45) is 11.8 Å². The first-order valence-electron chi connectivity index (χ1n) is 17.9. The minimum atomic E-state index is -1.04. The summed E-state index contributed by atoms with van der Waals surface area (Å²) >= 11 is 6.43. The number of nitrogens with zero attached hydrogens (tertiary/aromatic N) is 2. The quantitative estimate of drug-likeness (QED) is 0.112. The molecule has 1 aliphatic carbocycles. The Hall–Kier alpha value is -5.36. The van der Waals surface area contributed by atoms with E-state index in [1.807, 2.05) is 13.0 Å². The van der Waals surface area contributed by atoms with E-state index in [9.17, 15) is 28.4 Å². The van der Waals surface area contributed by atoms with E-state index in [-0.39, 0.29) is 60.1 Å². The van der Waals surface area contributed by atoms with Gasteiger partial charge in [-0.3, -0.25) is 39.2 Å². The molecule has 3 N–H and O–H groups in total. The fourth-order valence-corrected chi connectivity index (χ4v) is 7.90. The average molecular weight is 740 g/mol. The number of ether oxygens (including phenoxy) is 1. The number of imide groups is 2. The molecular weight excluding hydrogens is 701 g/mol. The van der Waals surface area contributed by atoms with Crippen molar-refractivity contribution in [3.8, 4) is 5.75 Å². The largest absolute Gasteiger partial charge is 0.492 e. The van der Waals surface area contributed by atoms with Gasteiger partial charge in [0.1, 0.15) is 17.6 Å². The second kappa shape index (κ2) is 15.3. The van der Waals surface area contributed by atoms with Crippen molar-refractivity contribution in [3.05, 3.63) is 94.4 Å². The van der Waals surface area contributed by atoms with Gasteiger partial charge >= 0.3 is 0 Å². The Morgan fingerprint density at radius 3 is 2.62 bits per heavy atom. The summed E-state index contributed by atoms with van der Waals surface area (Å²) in [5.41, 5.74) is 3.32. The lowest BCUT2D eigenvalue weighted by Crippen LogP contribution is -2.54. The molecule has 3 aliphatic rings. The summed E-state index contributed by atoms with van der Waals surface area (Å²) in [5, 5.41) is 9.67. The summed E-state index contributed by atoms with van der Waals surface area (Å²) in [7, 11) is 0. The van der Waals surface area contributed by atoms with Crippen molar-refractivity contribution in [2.75, 3.05) is 23.8 Å². The van der Waals surface area contributed by atoms with Crippen LogP contribution in [0.3, 0.4) is 0 Å². The number of hydrogen-bond acceptors (Lipinski definition) is 8. The highest BCUT2D eigenvalue weighted by atomic mass is 35.5. The number of carbonyl (C=O) groups is 5. The first-order valence-corrected chi connectivity index (χ1v) is 18.3. The normalized spacial score (nSPS) is 20.6. The van der Waals surface area contributed by atoms with Crippen LogP contribution in [0.2, 0.25) is 5.02 Å². The molecule has 3 aromatic carbocycles. The number of anilines is 2. The van der Waals surface area contributed by atoms with Crippen LogP contribution in [-0.2, 0) is 14.4 Å². The maximum absolute atomic E-state index is 14.0. The molecule has 13 heteroatoms. The SMILES string of the molecule is C[C@@H](C(=O)Nc1ccc(Cl)c(OCCCNc2cccc3c2C(=O)N(C2CCC(=O)NC2=O)C3=O)c1)C1CCC(c2ccnc3ccc(F)cc23)CC1. The third-order valence-corrected chi connectivity index (χ3v) is 10.9. The van der Waals surface area contributed by atoms with E-state index in [1.54, 1.807) is 54.7 Å². The smallest absolute Gasteiger partial charge is 0.264 e. The van der Waals surface area contributed by atoms with Crippen LogP contribution in [0.25, 0.3) is 10.9 Å². The molecule has 1 saturated heterocycles. The fourth-order valence-electron chi connectivity index (χ4n) is 7.73. The van der Waals surface area contributed by atoms with Gasteiger partial charge in [-0.2, -0.15) is 0 Å². The topological polar surface area (TPSA) is 147 Å². The zero-order valence-corrected chi connectivity index (χ0v) is 29.9. The van der Waals surface area contributed by atoms with Crippen LogP contribution in [0.5, 0.6) is 5.75 Å². The standard InChI is InChI=1S/C40H39ClFN5O6/c1-22(23-6-8-24(9-7-23)27-16-18-44-31-13-10-25(42)20-29(27)31)37(49)45-26-11-12-30(41)34(21-26)53-19-3-17-43-32-5-2-4-28-36(32)40(52)47(39(28)51)33-14-15-35(48)46-38(33)50/h2,4-5,10-13,16,18,20-24,33,43H,3,6-9,14-15,17,19H2,1H3,(H,45,49)(H,46,48,50)/t22-,23?,24?,33?/m1/s1. The lowest BCUT2D eigenvalue weighted by Gasteiger charge is -2.32. The van der Waals surface area contributed by atoms with E-state index in [2.05, 4.69) is 20.9 Å². The van der Waals surface area contributed by atoms with Gasteiger partial charge in [0.2, 0.25) is 17.7 Å². The van der Waals surface area contributed by atoms with Gasteiger partial charge in [-0.15, -0.1) is 0 Å². The maximum Gasteiger partial charge on any atom is 0.264 e. The summed E-state index contributed by atoms with van der Waals surface area (Å²) in [6, 6.07) is 15.7. The molecule has 0 spiro atoms. The number of fused-ring (bicyclic) bond motifs is 2. The Morgan fingerprint density at radius 1 is 1.02 bits per heavy atom. The number of pyridine rings is 1. The zero-order chi connectivity index (χ0) is 37.2. The molecule has 274 valence electrons. The van der Waals surface area contributed by atoms with E-state index >= 15 is 0 Å². The minimum absolute atomic E-state index is 0.0475. The predicted octanol–water partition coefficient (Wildman–Crippen LogP) is 6.86.